The highest BCUT2D eigenvalue weighted by molar-refractivity contribution is 9.10. The molecule has 0 radical (unpaired) electrons. The van der Waals surface area contributed by atoms with Gasteiger partial charge in [0.1, 0.15) is 11.6 Å². The Morgan fingerprint density at radius 2 is 2.00 bits per heavy atom. The molecular formula is C10H6BrClF2. The summed E-state index contributed by atoms with van der Waals surface area (Å²) in [7, 11) is 0. The first kappa shape index (κ1) is 11.5. The smallest absolute Gasteiger partial charge is 0.140 e. The van der Waals surface area contributed by atoms with E-state index in [2.05, 4.69) is 27.8 Å². The summed E-state index contributed by atoms with van der Waals surface area (Å²) in [6.45, 7) is 0. The molecule has 4 heteroatoms. The fourth-order valence-electron chi connectivity index (χ4n) is 0.823. The van der Waals surface area contributed by atoms with Crippen LogP contribution in [0, 0.1) is 23.5 Å². The van der Waals surface area contributed by atoms with Gasteiger partial charge in [-0.25, -0.2) is 8.78 Å². The Morgan fingerprint density at radius 3 is 2.64 bits per heavy atom. The van der Waals surface area contributed by atoms with Crippen molar-refractivity contribution >= 4 is 27.5 Å². The average molecular weight is 280 g/mol. The summed E-state index contributed by atoms with van der Waals surface area (Å²) in [6.07, 6.45) is 0.457. The zero-order valence-corrected chi connectivity index (χ0v) is 9.42. The lowest BCUT2D eigenvalue weighted by atomic mass is 10.2. The van der Waals surface area contributed by atoms with Gasteiger partial charge in [-0.2, -0.15) is 0 Å². The quantitative estimate of drug-likeness (QED) is 0.418. The molecule has 0 aliphatic carbocycles. The molecule has 1 aromatic rings. The molecular weight excluding hydrogens is 273 g/mol. The number of hydrogen-bond acceptors (Lipinski definition) is 0. The van der Waals surface area contributed by atoms with Crippen LogP contribution in [0.4, 0.5) is 8.78 Å². The predicted octanol–water partition coefficient (Wildman–Crippen LogP) is 3.71. The highest BCUT2D eigenvalue weighted by Gasteiger charge is 2.05. The Labute approximate surface area is 94.4 Å². The molecule has 1 rings (SSSR count). The second-order valence-electron chi connectivity index (χ2n) is 2.49. The molecule has 0 bridgehead atoms. The van der Waals surface area contributed by atoms with Crippen LogP contribution in [0.1, 0.15) is 12.0 Å². The van der Waals surface area contributed by atoms with Crippen LogP contribution < -0.4 is 0 Å². The van der Waals surface area contributed by atoms with Crippen LogP contribution >= 0.6 is 27.5 Å². The fourth-order valence-corrected chi connectivity index (χ4v) is 1.23. The molecule has 0 spiro atoms. The second kappa shape index (κ2) is 5.33. The summed E-state index contributed by atoms with van der Waals surface area (Å²) in [5.74, 6) is 4.46. The third-order valence-electron chi connectivity index (χ3n) is 1.45. The van der Waals surface area contributed by atoms with Gasteiger partial charge in [-0.3, -0.25) is 0 Å². The first-order chi connectivity index (χ1) is 6.65. The number of rotatable bonds is 1. The lowest BCUT2D eigenvalue weighted by Gasteiger charge is -1.97. The van der Waals surface area contributed by atoms with Crippen molar-refractivity contribution in [1.29, 1.82) is 0 Å². The molecule has 0 unspecified atom stereocenters. The summed E-state index contributed by atoms with van der Waals surface area (Å²) in [5, 5.41) is 0. The minimum Gasteiger partial charge on any atom is -0.206 e. The van der Waals surface area contributed by atoms with Gasteiger partial charge in [0, 0.05) is 12.3 Å². The molecule has 0 saturated heterocycles. The van der Waals surface area contributed by atoms with Crippen molar-refractivity contribution < 1.29 is 8.78 Å². The van der Waals surface area contributed by atoms with E-state index in [4.69, 9.17) is 11.6 Å². The van der Waals surface area contributed by atoms with Gasteiger partial charge in [0.25, 0.3) is 0 Å². The zero-order valence-electron chi connectivity index (χ0n) is 7.08. The van der Waals surface area contributed by atoms with Crippen LogP contribution in [0.15, 0.2) is 16.6 Å². The fraction of sp³-hybridized carbons (Fsp3) is 0.200. The molecule has 14 heavy (non-hydrogen) atoms. The van der Waals surface area contributed by atoms with Gasteiger partial charge in [-0.1, -0.05) is 11.8 Å². The Balaban J connectivity index is 3.00. The van der Waals surface area contributed by atoms with Gasteiger partial charge >= 0.3 is 0 Å². The van der Waals surface area contributed by atoms with Crippen LogP contribution in [0.5, 0.6) is 0 Å². The van der Waals surface area contributed by atoms with Gasteiger partial charge < -0.3 is 0 Å². The van der Waals surface area contributed by atoms with Crippen LogP contribution in [-0.2, 0) is 0 Å². The number of alkyl halides is 1. The van der Waals surface area contributed by atoms with Crippen molar-refractivity contribution in [1.82, 2.24) is 0 Å². The van der Waals surface area contributed by atoms with Crippen molar-refractivity contribution in [2.75, 3.05) is 5.88 Å². The molecule has 1 aromatic carbocycles. The highest BCUT2D eigenvalue weighted by Crippen LogP contribution is 2.19. The first-order valence-electron chi connectivity index (χ1n) is 3.84. The Bertz CT molecular complexity index is 393. The van der Waals surface area contributed by atoms with Crippen LogP contribution in [0.25, 0.3) is 0 Å². The van der Waals surface area contributed by atoms with Crippen LogP contribution in [0.2, 0.25) is 0 Å². The lowest BCUT2D eigenvalue weighted by molar-refractivity contribution is 0.591. The number of hydrogen-bond donors (Lipinski definition) is 0. The molecule has 0 fully saturated rings. The molecule has 0 amide bonds. The van der Waals surface area contributed by atoms with Gasteiger partial charge in [-0.15, -0.1) is 11.6 Å². The minimum absolute atomic E-state index is 0.0517. The predicted molar refractivity (Wildman–Crippen MR) is 56.3 cm³/mol. The summed E-state index contributed by atoms with van der Waals surface area (Å²) >= 11 is 8.26. The van der Waals surface area contributed by atoms with Crippen molar-refractivity contribution in [3.8, 4) is 11.8 Å². The Kier molecular flexibility index (Phi) is 4.37. The highest BCUT2D eigenvalue weighted by atomic mass is 79.9. The molecule has 0 saturated carbocycles. The third kappa shape index (κ3) is 2.97. The lowest BCUT2D eigenvalue weighted by Crippen LogP contribution is -1.87. The average Bonchev–Trinajstić information content (AvgIpc) is 2.14. The van der Waals surface area contributed by atoms with E-state index in [0.717, 1.165) is 12.1 Å². The monoisotopic (exact) mass is 278 g/mol. The molecule has 0 heterocycles. The van der Waals surface area contributed by atoms with Crippen molar-refractivity contribution in [2.24, 2.45) is 0 Å². The van der Waals surface area contributed by atoms with Crippen LogP contribution in [0.3, 0.4) is 0 Å². The third-order valence-corrected chi connectivity index (χ3v) is 2.25. The van der Waals surface area contributed by atoms with E-state index < -0.39 is 11.6 Å². The van der Waals surface area contributed by atoms with Gasteiger partial charge in [-0.05, 0) is 28.1 Å². The topological polar surface area (TPSA) is 0 Å². The van der Waals surface area contributed by atoms with E-state index in [1.165, 1.54) is 0 Å². The standard InChI is InChI=1S/C10H6BrClF2/c11-8-6-9(13)7(5-10(8)14)3-1-2-4-12/h5-6H,2,4H2. The maximum atomic E-state index is 13.1. The summed E-state index contributed by atoms with van der Waals surface area (Å²) in [4.78, 5) is 0. The van der Waals surface area contributed by atoms with E-state index in [1.807, 2.05) is 0 Å². The maximum Gasteiger partial charge on any atom is 0.140 e. The van der Waals surface area contributed by atoms with E-state index in [1.54, 1.807) is 0 Å². The van der Waals surface area contributed by atoms with Crippen molar-refractivity contribution in [3.63, 3.8) is 0 Å². The van der Waals surface area contributed by atoms with E-state index >= 15 is 0 Å². The first-order valence-corrected chi connectivity index (χ1v) is 5.17. The SMILES string of the molecule is Fc1cc(C#CCCCl)c(F)cc1Br. The maximum absolute atomic E-state index is 13.1. The van der Waals surface area contributed by atoms with E-state index in [-0.39, 0.29) is 10.0 Å². The molecule has 0 N–H and O–H groups in total. The van der Waals surface area contributed by atoms with Gasteiger partial charge in [0.15, 0.2) is 0 Å². The largest absolute Gasteiger partial charge is 0.206 e. The molecule has 74 valence electrons. The second-order valence-corrected chi connectivity index (χ2v) is 3.72. The minimum atomic E-state index is -0.541. The Morgan fingerprint density at radius 1 is 1.29 bits per heavy atom. The number of benzene rings is 1. The number of halogens is 4. The zero-order chi connectivity index (χ0) is 10.6. The molecule has 0 aromatic heterocycles. The van der Waals surface area contributed by atoms with Crippen LogP contribution in [-0.4, -0.2) is 5.88 Å². The summed E-state index contributed by atoms with van der Waals surface area (Å²) in [5.41, 5.74) is 0.0517. The van der Waals surface area contributed by atoms with E-state index in [0.29, 0.717) is 12.3 Å². The van der Waals surface area contributed by atoms with E-state index in [9.17, 15) is 8.78 Å². The van der Waals surface area contributed by atoms with Crippen molar-refractivity contribution in [3.05, 3.63) is 33.8 Å². The Hall–Kier alpha value is -0.590. The molecule has 0 atom stereocenters. The van der Waals surface area contributed by atoms with Gasteiger partial charge in [0.05, 0.1) is 10.0 Å². The molecule has 0 aliphatic heterocycles. The molecule has 0 aliphatic rings. The van der Waals surface area contributed by atoms with Gasteiger partial charge in [0.2, 0.25) is 0 Å². The summed E-state index contributed by atoms with van der Waals surface area (Å²) < 4.78 is 26.2. The van der Waals surface area contributed by atoms with Crippen molar-refractivity contribution in [2.45, 2.75) is 6.42 Å². The normalized spacial score (nSPS) is 9.43. The molecule has 0 nitrogen and oxygen atoms in total. The summed E-state index contributed by atoms with van der Waals surface area (Å²) in [6, 6.07) is 2.11.